The van der Waals surface area contributed by atoms with Crippen molar-refractivity contribution >= 4 is 11.6 Å². The zero-order valence-corrected chi connectivity index (χ0v) is 17.4. The first-order chi connectivity index (χ1) is 14.3. The highest BCUT2D eigenvalue weighted by molar-refractivity contribution is 5.80. The molecule has 0 spiro atoms. The molecule has 2 saturated heterocycles. The fourth-order valence-electron chi connectivity index (χ4n) is 4.36. The zero-order valence-electron chi connectivity index (χ0n) is 17.4. The summed E-state index contributed by atoms with van der Waals surface area (Å²) in [5.41, 5.74) is 1.30. The van der Waals surface area contributed by atoms with Crippen molar-refractivity contribution in [3.63, 3.8) is 0 Å². The van der Waals surface area contributed by atoms with Crippen LogP contribution < -0.4 is 15.5 Å². The molecular weight excluding hydrogens is 362 g/mol. The van der Waals surface area contributed by atoms with Crippen molar-refractivity contribution in [2.45, 2.75) is 38.3 Å². The maximum Gasteiger partial charge on any atom is 0.191 e. The van der Waals surface area contributed by atoms with Gasteiger partial charge < -0.3 is 20.0 Å². The molecule has 2 aromatic rings. The van der Waals surface area contributed by atoms with Gasteiger partial charge in [-0.15, -0.1) is 0 Å². The lowest BCUT2D eigenvalue weighted by Gasteiger charge is -2.25. The summed E-state index contributed by atoms with van der Waals surface area (Å²) in [6, 6.07) is 15.3. The topological polar surface area (TPSA) is 56.0 Å². The molecule has 2 unspecified atom stereocenters. The molecule has 0 radical (unpaired) electrons. The van der Waals surface area contributed by atoms with Crippen LogP contribution in [0, 0.1) is 0 Å². The molecule has 6 heteroatoms. The van der Waals surface area contributed by atoms with Crippen molar-refractivity contribution in [1.82, 2.24) is 15.5 Å². The highest BCUT2D eigenvalue weighted by atomic mass is 16.3. The molecule has 2 aliphatic heterocycles. The second-order valence-electron chi connectivity index (χ2n) is 7.91. The van der Waals surface area contributed by atoms with E-state index in [2.05, 4.69) is 63.8 Å². The highest BCUT2D eigenvalue weighted by Crippen LogP contribution is 2.26. The van der Waals surface area contributed by atoms with Gasteiger partial charge in [0.05, 0.1) is 18.8 Å². The Hall–Kier alpha value is -2.47. The van der Waals surface area contributed by atoms with Crippen molar-refractivity contribution in [2.75, 3.05) is 44.2 Å². The molecule has 2 N–H and O–H groups in total. The van der Waals surface area contributed by atoms with Crippen LogP contribution in [-0.2, 0) is 0 Å². The monoisotopic (exact) mass is 395 g/mol. The first-order valence-electron chi connectivity index (χ1n) is 11.0. The second-order valence-corrected chi connectivity index (χ2v) is 7.91. The zero-order chi connectivity index (χ0) is 19.9. The molecule has 2 atom stereocenters. The number of anilines is 1. The molecular formula is C23H33N5O. The summed E-state index contributed by atoms with van der Waals surface area (Å²) in [4.78, 5) is 9.89. The van der Waals surface area contributed by atoms with Gasteiger partial charge in [0, 0.05) is 31.4 Å². The number of benzene rings is 1. The van der Waals surface area contributed by atoms with Gasteiger partial charge in [-0.25, -0.2) is 0 Å². The van der Waals surface area contributed by atoms with Gasteiger partial charge in [-0.1, -0.05) is 18.2 Å². The van der Waals surface area contributed by atoms with Crippen LogP contribution >= 0.6 is 0 Å². The maximum absolute atomic E-state index is 5.74. The number of furan rings is 1. The standard InChI is InChI=1S/C23H33N5O/c1-2-24-23(26-19-12-15-28(18-19)20-9-4-3-5-10-20)25-17-21(22-11-8-16-29-22)27-13-6-7-14-27/h3-5,8-11,16,19,21H,2,6-7,12-15,17-18H2,1H3,(H2,24,25,26). The number of aliphatic imine (C=N–C) groups is 1. The number of nitrogens with one attached hydrogen (secondary N) is 2. The van der Waals surface area contributed by atoms with Crippen LogP contribution in [-0.4, -0.2) is 56.2 Å². The van der Waals surface area contributed by atoms with Crippen LogP contribution in [0.15, 0.2) is 58.1 Å². The molecule has 0 bridgehead atoms. The van der Waals surface area contributed by atoms with Crippen LogP contribution in [0.4, 0.5) is 5.69 Å². The van der Waals surface area contributed by atoms with Gasteiger partial charge in [-0.05, 0) is 63.5 Å². The third kappa shape index (κ3) is 5.12. The molecule has 1 aromatic heterocycles. The number of nitrogens with zero attached hydrogens (tertiary/aromatic N) is 3. The number of hydrogen-bond acceptors (Lipinski definition) is 4. The first-order valence-corrected chi connectivity index (χ1v) is 11.0. The minimum atomic E-state index is 0.215. The van der Waals surface area contributed by atoms with E-state index < -0.39 is 0 Å². The molecule has 1 aromatic carbocycles. The minimum Gasteiger partial charge on any atom is -0.468 e. The summed E-state index contributed by atoms with van der Waals surface area (Å²) in [5.74, 6) is 1.92. The molecule has 2 fully saturated rings. The van der Waals surface area contributed by atoms with Crippen LogP contribution in [0.5, 0.6) is 0 Å². The Morgan fingerprint density at radius 3 is 2.69 bits per heavy atom. The van der Waals surface area contributed by atoms with E-state index in [9.17, 15) is 0 Å². The smallest absolute Gasteiger partial charge is 0.191 e. The Labute approximate surface area is 174 Å². The van der Waals surface area contributed by atoms with Gasteiger partial charge in [-0.3, -0.25) is 9.89 Å². The van der Waals surface area contributed by atoms with E-state index in [1.165, 1.54) is 18.5 Å². The van der Waals surface area contributed by atoms with Crippen LogP contribution in [0.2, 0.25) is 0 Å². The van der Waals surface area contributed by atoms with Gasteiger partial charge in [0.2, 0.25) is 0 Å². The average Bonchev–Trinajstić information content (AvgIpc) is 3.52. The molecule has 0 aliphatic carbocycles. The fourth-order valence-corrected chi connectivity index (χ4v) is 4.36. The van der Waals surface area contributed by atoms with Crippen LogP contribution in [0.3, 0.4) is 0 Å². The predicted octanol–water partition coefficient (Wildman–Crippen LogP) is 3.25. The Bertz CT molecular complexity index is 755. The molecule has 156 valence electrons. The minimum absolute atomic E-state index is 0.215. The van der Waals surface area contributed by atoms with E-state index in [1.807, 2.05) is 6.07 Å². The third-order valence-electron chi connectivity index (χ3n) is 5.87. The summed E-state index contributed by atoms with van der Waals surface area (Å²) < 4.78 is 5.74. The van der Waals surface area contributed by atoms with Crippen LogP contribution in [0.1, 0.15) is 38.0 Å². The average molecular weight is 396 g/mol. The van der Waals surface area contributed by atoms with E-state index in [1.54, 1.807) is 6.26 Å². The summed E-state index contributed by atoms with van der Waals surface area (Å²) in [7, 11) is 0. The molecule has 2 aliphatic rings. The quantitative estimate of drug-likeness (QED) is 0.557. The van der Waals surface area contributed by atoms with Gasteiger partial charge >= 0.3 is 0 Å². The van der Waals surface area contributed by atoms with Gasteiger partial charge in [0.15, 0.2) is 5.96 Å². The second kappa shape index (κ2) is 9.83. The number of hydrogen-bond donors (Lipinski definition) is 2. The largest absolute Gasteiger partial charge is 0.468 e. The van der Waals surface area contributed by atoms with Crippen molar-refractivity contribution in [3.8, 4) is 0 Å². The lowest BCUT2D eigenvalue weighted by atomic mass is 10.2. The molecule has 6 nitrogen and oxygen atoms in total. The highest BCUT2D eigenvalue weighted by Gasteiger charge is 2.26. The van der Waals surface area contributed by atoms with E-state index in [-0.39, 0.29) is 6.04 Å². The van der Waals surface area contributed by atoms with Crippen molar-refractivity contribution < 1.29 is 4.42 Å². The van der Waals surface area contributed by atoms with Gasteiger partial charge in [0.25, 0.3) is 0 Å². The number of guanidine groups is 1. The lowest BCUT2D eigenvalue weighted by molar-refractivity contribution is 0.221. The number of likely N-dealkylation sites (tertiary alicyclic amines) is 1. The van der Waals surface area contributed by atoms with Gasteiger partial charge in [-0.2, -0.15) is 0 Å². The Kier molecular flexibility index (Phi) is 6.72. The Morgan fingerprint density at radius 2 is 1.97 bits per heavy atom. The lowest BCUT2D eigenvalue weighted by Crippen LogP contribution is -2.45. The van der Waals surface area contributed by atoms with E-state index in [0.29, 0.717) is 12.6 Å². The predicted molar refractivity (Wildman–Crippen MR) is 118 cm³/mol. The first kappa shape index (κ1) is 19.8. The molecule has 0 saturated carbocycles. The van der Waals surface area contributed by atoms with Crippen molar-refractivity contribution in [1.29, 1.82) is 0 Å². The summed E-state index contributed by atoms with van der Waals surface area (Å²) in [6.07, 6.45) is 5.41. The van der Waals surface area contributed by atoms with E-state index in [0.717, 1.165) is 50.9 Å². The third-order valence-corrected chi connectivity index (χ3v) is 5.87. The number of rotatable bonds is 7. The normalized spacial score (nSPS) is 21.5. The summed E-state index contributed by atoms with van der Waals surface area (Å²) in [6.45, 7) is 8.01. The molecule has 29 heavy (non-hydrogen) atoms. The maximum atomic E-state index is 5.74. The molecule has 3 heterocycles. The number of para-hydroxylation sites is 1. The van der Waals surface area contributed by atoms with Crippen LogP contribution in [0.25, 0.3) is 0 Å². The molecule has 4 rings (SSSR count). The summed E-state index contributed by atoms with van der Waals surface area (Å²) >= 11 is 0. The van der Waals surface area contributed by atoms with Gasteiger partial charge in [0.1, 0.15) is 5.76 Å². The Morgan fingerprint density at radius 1 is 1.14 bits per heavy atom. The van der Waals surface area contributed by atoms with Crippen molar-refractivity contribution in [2.24, 2.45) is 4.99 Å². The SMILES string of the molecule is CCNC(=NCC(c1ccco1)N1CCCC1)NC1CCN(c2ccccc2)C1. The van der Waals surface area contributed by atoms with Crippen molar-refractivity contribution in [3.05, 3.63) is 54.5 Å². The van der Waals surface area contributed by atoms with E-state index >= 15 is 0 Å². The van der Waals surface area contributed by atoms with E-state index in [4.69, 9.17) is 9.41 Å². The fraction of sp³-hybridized carbons (Fsp3) is 0.522. The Balaban J connectivity index is 1.39. The summed E-state index contributed by atoms with van der Waals surface area (Å²) in [5, 5.41) is 7.08. The molecule has 0 amide bonds.